The van der Waals surface area contributed by atoms with Crippen LogP contribution in [-0.4, -0.2) is 25.5 Å². The Labute approximate surface area is 57.1 Å². The Balaban J connectivity index is 3.75. The third-order valence-corrected chi connectivity index (χ3v) is 0.981. The van der Waals surface area contributed by atoms with Crippen molar-refractivity contribution in [1.82, 2.24) is 0 Å². The summed E-state index contributed by atoms with van der Waals surface area (Å²) in [5, 5.41) is 0. The van der Waals surface area contributed by atoms with E-state index in [4.69, 9.17) is 0 Å². The van der Waals surface area contributed by atoms with Gasteiger partial charge in [0, 0.05) is 13.5 Å². The minimum absolute atomic E-state index is 0.171. The molecule has 60 valence electrons. The van der Waals surface area contributed by atoms with Gasteiger partial charge in [0.05, 0.1) is 6.61 Å². The summed E-state index contributed by atoms with van der Waals surface area (Å²) < 4.78 is 28.7. The molecule has 0 aromatic rings. The Hall–Kier alpha value is -0.710. The first kappa shape index (κ1) is 9.29. The Morgan fingerprint density at radius 2 is 2.20 bits per heavy atom. The highest BCUT2D eigenvalue weighted by molar-refractivity contribution is 5.81. The molecule has 0 heterocycles. The molecule has 0 aliphatic carbocycles. The molecule has 0 atom stereocenters. The molecule has 0 aliphatic heterocycles. The van der Waals surface area contributed by atoms with Crippen LogP contribution in [0, 0.1) is 0 Å². The van der Waals surface area contributed by atoms with Gasteiger partial charge in [-0.3, -0.25) is 4.79 Å². The fourth-order valence-electron chi connectivity index (χ4n) is 0.353. The number of halogens is 2. The Morgan fingerprint density at radius 1 is 1.70 bits per heavy atom. The number of carbonyl (C=O) groups is 1. The minimum atomic E-state index is -3.43. The molecule has 0 rings (SSSR count). The quantitative estimate of drug-likeness (QED) is 0.624. The number of alkyl halides is 2. The molecule has 5 heteroatoms. The largest absolute Gasteiger partial charge is 0.384 e. The highest BCUT2D eigenvalue weighted by Gasteiger charge is 2.35. The molecule has 1 amide bonds. The second kappa shape index (κ2) is 3.46. The molecule has 3 nitrogen and oxygen atoms in total. The van der Waals surface area contributed by atoms with Crippen LogP contribution in [0.1, 0.15) is 6.42 Å². The highest BCUT2D eigenvalue weighted by atomic mass is 19.3. The van der Waals surface area contributed by atoms with Crippen LogP contribution < -0.4 is 5.73 Å². The summed E-state index contributed by atoms with van der Waals surface area (Å²) in [6.45, 7) is -0.171. The predicted octanol–water partition coefficient (Wildman–Crippen LogP) is 0.144. The average molecular weight is 153 g/mol. The van der Waals surface area contributed by atoms with Crippen LogP contribution >= 0.6 is 0 Å². The van der Waals surface area contributed by atoms with E-state index in [-0.39, 0.29) is 6.61 Å². The first-order chi connectivity index (χ1) is 4.50. The van der Waals surface area contributed by atoms with E-state index in [2.05, 4.69) is 10.5 Å². The van der Waals surface area contributed by atoms with E-state index >= 15 is 0 Å². The standard InChI is InChI=1S/C5H9F2NO2/c1-10-3-2-5(6,7)4(8)9/h2-3H2,1H3,(H2,8,9). The van der Waals surface area contributed by atoms with E-state index < -0.39 is 18.3 Å². The molecule has 0 radical (unpaired) electrons. The maximum absolute atomic E-state index is 12.2. The SMILES string of the molecule is COCCC(F)(F)C(N)=O. The lowest BCUT2D eigenvalue weighted by molar-refractivity contribution is -0.144. The fourth-order valence-corrected chi connectivity index (χ4v) is 0.353. The molecule has 0 aliphatic rings. The van der Waals surface area contributed by atoms with Gasteiger partial charge in [-0.05, 0) is 0 Å². The van der Waals surface area contributed by atoms with Gasteiger partial charge in [0.25, 0.3) is 5.91 Å². The van der Waals surface area contributed by atoms with Crippen LogP contribution in [0.15, 0.2) is 0 Å². The van der Waals surface area contributed by atoms with E-state index in [9.17, 15) is 13.6 Å². The number of rotatable bonds is 4. The molecule has 2 N–H and O–H groups in total. The summed E-state index contributed by atoms with van der Waals surface area (Å²) in [4.78, 5) is 9.94. The van der Waals surface area contributed by atoms with Gasteiger partial charge in [-0.1, -0.05) is 0 Å². The van der Waals surface area contributed by atoms with Crippen LogP contribution in [-0.2, 0) is 9.53 Å². The van der Waals surface area contributed by atoms with Crippen LogP contribution in [0.25, 0.3) is 0 Å². The number of hydrogen-bond donors (Lipinski definition) is 1. The van der Waals surface area contributed by atoms with E-state index in [0.29, 0.717) is 0 Å². The maximum Gasteiger partial charge on any atom is 0.326 e. The maximum atomic E-state index is 12.2. The second-order valence-corrected chi connectivity index (χ2v) is 1.81. The smallest absolute Gasteiger partial charge is 0.326 e. The number of primary amides is 1. The van der Waals surface area contributed by atoms with Gasteiger partial charge in [0.15, 0.2) is 0 Å². The monoisotopic (exact) mass is 153 g/mol. The molecule has 0 unspecified atom stereocenters. The third-order valence-electron chi connectivity index (χ3n) is 0.981. The van der Waals surface area contributed by atoms with E-state index in [1.165, 1.54) is 7.11 Å². The molecular weight excluding hydrogens is 144 g/mol. The van der Waals surface area contributed by atoms with Gasteiger partial charge in [0.1, 0.15) is 0 Å². The Kier molecular flexibility index (Phi) is 3.21. The summed E-state index contributed by atoms with van der Waals surface area (Å²) in [5.41, 5.74) is 4.37. The zero-order chi connectivity index (χ0) is 8.20. The molecular formula is C5H9F2NO2. The minimum Gasteiger partial charge on any atom is -0.384 e. The normalized spacial score (nSPS) is 11.5. The van der Waals surface area contributed by atoms with Crippen molar-refractivity contribution in [1.29, 1.82) is 0 Å². The molecule has 0 spiro atoms. The van der Waals surface area contributed by atoms with Crippen LogP contribution in [0.4, 0.5) is 8.78 Å². The summed E-state index contributed by atoms with van der Waals surface area (Å²) in [6.07, 6.45) is -0.654. The number of hydrogen-bond acceptors (Lipinski definition) is 2. The topological polar surface area (TPSA) is 52.3 Å². The summed E-state index contributed by atoms with van der Waals surface area (Å²) in [5.74, 6) is -5.04. The van der Waals surface area contributed by atoms with Crippen molar-refractivity contribution in [2.75, 3.05) is 13.7 Å². The van der Waals surface area contributed by atoms with Gasteiger partial charge in [-0.2, -0.15) is 8.78 Å². The van der Waals surface area contributed by atoms with Crippen LogP contribution in [0.5, 0.6) is 0 Å². The van der Waals surface area contributed by atoms with Crippen molar-refractivity contribution in [2.45, 2.75) is 12.3 Å². The Bertz CT molecular complexity index is 127. The van der Waals surface area contributed by atoms with Gasteiger partial charge in [-0.15, -0.1) is 0 Å². The lowest BCUT2D eigenvalue weighted by Crippen LogP contribution is -2.36. The summed E-state index contributed by atoms with van der Waals surface area (Å²) >= 11 is 0. The van der Waals surface area contributed by atoms with Crippen molar-refractivity contribution in [3.8, 4) is 0 Å². The zero-order valence-corrected chi connectivity index (χ0v) is 5.56. The van der Waals surface area contributed by atoms with Crippen LogP contribution in [0.2, 0.25) is 0 Å². The average Bonchev–Trinajstić information content (AvgIpc) is 1.84. The van der Waals surface area contributed by atoms with Gasteiger partial charge >= 0.3 is 5.92 Å². The van der Waals surface area contributed by atoms with Gasteiger partial charge in [-0.25, -0.2) is 0 Å². The number of methoxy groups -OCH3 is 1. The number of carbonyl (C=O) groups excluding carboxylic acids is 1. The molecule has 0 bridgehead atoms. The molecule has 0 aromatic heterocycles. The Morgan fingerprint density at radius 3 is 2.50 bits per heavy atom. The lowest BCUT2D eigenvalue weighted by Gasteiger charge is -2.09. The number of nitrogens with two attached hydrogens (primary N) is 1. The zero-order valence-electron chi connectivity index (χ0n) is 5.56. The molecule has 0 saturated heterocycles. The van der Waals surface area contributed by atoms with Gasteiger partial charge in [0.2, 0.25) is 0 Å². The predicted molar refractivity (Wildman–Crippen MR) is 30.6 cm³/mol. The van der Waals surface area contributed by atoms with Crippen molar-refractivity contribution in [2.24, 2.45) is 5.73 Å². The summed E-state index contributed by atoms with van der Waals surface area (Å²) in [6, 6.07) is 0. The van der Waals surface area contributed by atoms with Crippen molar-refractivity contribution < 1.29 is 18.3 Å². The first-order valence-corrected chi connectivity index (χ1v) is 2.67. The first-order valence-electron chi connectivity index (χ1n) is 2.67. The summed E-state index contributed by atoms with van der Waals surface area (Å²) in [7, 11) is 1.27. The number of amides is 1. The molecule has 0 saturated carbocycles. The van der Waals surface area contributed by atoms with E-state index in [0.717, 1.165) is 0 Å². The lowest BCUT2D eigenvalue weighted by atomic mass is 10.2. The van der Waals surface area contributed by atoms with E-state index in [1.54, 1.807) is 0 Å². The van der Waals surface area contributed by atoms with Crippen molar-refractivity contribution in [3.05, 3.63) is 0 Å². The van der Waals surface area contributed by atoms with Gasteiger partial charge < -0.3 is 10.5 Å². The highest BCUT2D eigenvalue weighted by Crippen LogP contribution is 2.16. The molecule has 10 heavy (non-hydrogen) atoms. The number of ether oxygens (including phenoxy) is 1. The fraction of sp³-hybridized carbons (Fsp3) is 0.800. The van der Waals surface area contributed by atoms with Crippen molar-refractivity contribution >= 4 is 5.91 Å². The van der Waals surface area contributed by atoms with Crippen molar-refractivity contribution in [3.63, 3.8) is 0 Å². The van der Waals surface area contributed by atoms with E-state index in [1.807, 2.05) is 0 Å². The molecule has 0 fully saturated rings. The second-order valence-electron chi connectivity index (χ2n) is 1.81. The molecule has 0 aromatic carbocycles. The van der Waals surface area contributed by atoms with Crippen LogP contribution in [0.3, 0.4) is 0 Å². The third kappa shape index (κ3) is 2.72.